The van der Waals surface area contributed by atoms with Crippen molar-refractivity contribution in [3.63, 3.8) is 0 Å². The van der Waals surface area contributed by atoms with E-state index >= 15 is 0 Å². The Kier molecular flexibility index (Phi) is 7.28. The number of carboxylic acids is 1. The van der Waals surface area contributed by atoms with Gasteiger partial charge in [0.05, 0.1) is 11.8 Å². The molecule has 30 heavy (non-hydrogen) atoms. The summed E-state index contributed by atoms with van der Waals surface area (Å²) in [5, 5.41) is 9.95. The van der Waals surface area contributed by atoms with E-state index in [1.807, 2.05) is 11.0 Å². The number of hydrogen-bond acceptors (Lipinski definition) is 4. The first-order valence-electron chi connectivity index (χ1n) is 11.3. The van der Waals surface area contributed by atoms with E-state index in [-0.39, 0.29) is 29.4 Å². The van der Waals surface area contributed by atoms with E-state index in [4.69, 9.17) is 4.74 Å². The number of ether oxygens (including phenoxy) is 1. The fourth-order valence-electron chi connectivity index (χ4n) is 4.82. The van der Waals surface area contributed by atoms with Gasteiger partial charge in [-0.3, -0.25) is 4.79 Å². The molecular weight excluding hydrogens is 398 g/mol. The highest BCUT2D eigenvalue weighted by molar-refractivity contribution is 7.14. The van der Waals surface area contributed by atoms with Crippen molar-refractivity contribution in [2.75, 3.05) is 12.0 Å². The lowest BCUT2D eigenvalue weighted by molar-refractivity contribution is -0.124. The molecule has 2 fully saturated rings. The van der Waals surface area contributed by atoms with Crippen LogP contribution in [0.15, 0.2) is 6.07 Å². The number of rotatable bonds is 5. The molecule has 1 aromatic heterocycles. The van der Waals surface area contributed by atoms with Crippen molar-refractivity contribution in [2.45, 2.75) is 96.6 Å². The fraction of sp³-hybridized carbons (Fsp3) is 0.750. The fourth-order valence-corrected chi connectivity index (χ4v) is 5.87. The van der Waals surface area contributed by atoms with E-state index in [9.17, 15) is 14.7 Å². The SMILES string of the molecule is COC1CCC(N(C(=O)C2CCC(C)CC2)c2cc(C(C)(C)C)sc2C(=O)O)CC1. The monoisotopic (exact) mass is 435 g/mol. The van der Waals surface area contributed by atoms with Gasteiger partial charge < -0.3 is 14.7 Å². The Labute approximate surface area is 184 Å². The third-order valence-electron chi connectivity index (χ3n) is 6.85. The second-order valence-corrected chi connectivity index (χ2v) is 11.3. The third kappa shape index (κ3) is 5.08. The molecular formula is C24H37NO4S. The lowest BCUT2D eigenvalue weighted by Crippen LogP contribution is -2.47. The number of methoxy groups -OCH3 is 1. The van der Waals surface area contributed by atoms with Gasteiger partial charge >= 0.3 is 5.97 Å². The summed E-state index contributed by atoms with van der Waals surface area (Å²) in [5.74, 6) is -0.140. The van der Waals surface area contributed by atoms with E-state index in [0.717, 1.165) is 56.2 Å². The minimum atomic E-state index is -0.939. The standard InChI is InChI=1S/C24H37NO4S/c1-15-6-8-16(9-7-15)22(26)25(17-10-12-18(29-5)13-11-17)19-14-20(24(2,3)4)30-21(19)23(27)28/h14-18H,6-13H2,1-5H3,(H,27,28). The van der Waals surface area contributed by atoms with Crippen LogP contribution in [0.4, 0.5) is 5.69 Å². The van der Waals surface area contributed by atoms with Gasteiger partial charge in [0.1, 0.15) is 4.88 Å². The summed E-state index contributed by atoms with van der Waals surface area (Å²) in [6.07, 6.45) is 7.72. The first-order chi connectivity index (χ1) is 14.1. The van der Waals surface area contributed by atoms with Crippen LogP contribution >= 0.6 is 11.3 Å². The van der Waals surface area contributed by atoms with Crippen LogP contribution < -0.4 is 4.90 Å². The number of hydrogen-bond donors (Lipinski definition) is 1. The first kappa shape index (κ1) is 23.3. The van der Waals surface area contributed by atoms with Gasteiger partial charge in [0, 0.05) is 23.9 Å². The maximum absolute atomic E-state index is 13.8. The number of amides is 1. The molecule has 5 nitrogen and oxygen atoms in total. The highest BCUT2D eigenvalue weighted by Gasteiger charge is 2.38. The number of carbonyl (C=O) groups is 2. The molecule has 0 unspecified atom stereocenters. The zero-order valence-electron chi connectivity index (χ0n) is 19.1. The van der Waals surface area contributed by atoms with E-state index < -0.39 is 5.97 Å². The van der Waals surface area contributed by atoms with Gasteiger partial charge in [-0.15, -0.1) is 11.3 Å². The molecule has 6 heteroatoms. The lowest BCUT2D eigenvalue weighted by atomic mass is 9.81. The van der Waals surface area contributed by atoms with E-state index in [0.29, 0.717) is 16.5 Å². The molecule has 2 aliphatic rings. The second kappa shape index (κ2) is 9.39. The van der Waals surface area contributed by atoms with Crippen LogP contribution in [-0.4, -0.2) is 36.2 Å². The summed E-state index contributed by atoms with van der Waals surface area (Å²) in [6.45, 7) is 8.52. The highest BCUT2D eigenvalue weighted by Crippen LogP contribution is 2.41. The second-order valence-electron chi connectivity index (χ2n) is 10.2. The molecule has 1 N–H and O–H groups in total. The maximum atomic E-state index is 13.8. The molecule has 1 aromatic rings. The van der Waals surface area contributed by atoms with E-state index in [1.165, 1.54) is 11.3 Å². The molecule has 168 valence electrons. The molecule has 2 aliphatic carbocycles. The van der Waals surface area contributed by atoms with Gasteiger partial charge in [0.2, 0.25) is 5.91 Å². The molecule has 0 aliphatic heterocycles. The number of carboxylic acid groups (broad SMARTS) is 1. The molecule has 0 aromatic carbocycles. The molecule has 0 atom stereocenters. The third-order valence-corrected chi connectivity index (χ3v) is 8.39. The van der Waals surface area contributed by atoms with Crippen molar-refractivity contribution < 1.29 is 19.4 Å². The summed E-state index contributed by atoms with van der Waals surface area (Å²) in [4.78, 5) is 29.1. The molecule has 0 radical (unpaired) electrons. The Hall–Kier alpha value is -1.40. The minimum absolute atomic E-state index is 0.000908. The van der Waals surface area contributed by atoms with Crippen LogP contribution in [0.3, 0.4) is 0 Å². The van der Waals surface area contributed by atoms with Crippen LogP contribution in [0.2, 0.25) is 0 Å². The topological polar surface area (TPSA) is 66.8 Å². The molecule has 3 rings (SSSR count). The lowest BCUT2D eigenvalue weighted by Gasteiger charge is -2.39. The van der Waals surface area contributed by atoms with Crippen LogP contribution in [0, 0.1) is 11.8 Å². The summed E-state index contributed by atoms with van der Waals surface area (Å²) < 4.78 is 5.53. The Bertz CT molecular complexity index is 750. The Morgan fingerprint density at radius 3 is 2.17 bits per heavy atom. The Balaban J connectivity index is 1.98. The molecule has 1 heterocycles. The average Bonchev–Trinajstić information content (AvgIpc) is 3.15. The smallest absolute Gasteiger partial charge is 0.348 e. The van der Waals surface area contributed by atoms with Gasteiger partial charge in [-0.05, 0) is 68.8 Å². The quantitative estimate of drug-likeness (QED) is 0.629. The zero-order chi connectivity index (χ0) is 22.1. The van der Waals surface area contributed by atoms with Crippen LogP contribution in [0.5, 0.6) is 0 Å². The van der Waals surface area contributed by atoms with Crippen molar-refractivity contribution >= 4 is 28.9 Å². The van der Waals surface area contributed by atoms with Crippen molar-refractivity contribution in [3.8, 4) is 0 Å². The molecule has 0 bridgehead atoms. The van der Waals surface area contributed by atoms with E-state index in [1.54, 1.807) is 7.11 Å². The highest BCUT2D eigenvalue weighted by atomic mass is 32.1. The predicted molar refractivity (Wildman–Crippen MR) is 122 cm³/mol. The van der Waals surface area contributed by atoms with Gasteiger partial charge in [-0.25, -0.2) is 4.79 Å². The number of thiophene rings is 1. The summed E-state index contributed by atoms with van der Waals surface area (Å²) in [6, 6.07) is 2.02. The van der Waals surface area contributed by atoms with Crippen LogP contribution in [0.1, 0.15) is 93.6 Å². The molecule has 0 saturated heterocycles. The number of carbonyl (C=O) groups excluding carboxylic acids is 1. The maximum Gasteiger partial charge on any atom is 0.348 e. The van der Waals surface area contributed by atoms with Crippen molar-refractivity contribution in [3.05, 3.63) is 15.8 Å². The number of nitrogens with zero attached hydrogens (tertiary/aromatic N) is 1. The van der Waals surface area contributed by atoms with Crippen LogP contribution in [0.25, 0.3) is 0 Å². The van der Waals surface area contributed by atoms with Gasteiger partial charge in [0.15, 0.2) is 0 Å². The summed E-state index contributed by atoms with van der Waals surface area (Å²) in [7, 11) is 1.74. The van der Waals surface area contributed by atoms with Crippen molar-refractivity contribution in [2.24, 2.45) is 11.8 Å². The number of aromatic carboxylic acids is 1. The molecule has 2 saturated carbocycles. The number of anilines is 1. The normalized spacial score (nSPS) is 27.6. The van der Waals surface area contributed by atoms with Gasteiger partial charge in [-0.1, -0.05) is 27.7 Å². The molecule has 0 spiro atoms. The largest absolute Gasteiger partial charge is 0.477 e. The van der Waals surface area contributed by atoms with Gasteiger partial charge in [0.25, 0.3) is 0 Å². The first-order valence-corrected chi connectivity index (χ1v) is 12.2. The predicted octanol–water partition coefficient (Wildman–Crippen LogP) is 5.86. The van der Waals surface area contributed by atoms with Crippen molar-refractivity contribution in [1.82, 2.24) is 0 Å². The summed E-state index contributed by atoms with van der Waals surface area (Å²) in [5.41, 5.74) is 0.456. The Morgan fingerprint density at radius 1 is 1.07 bits per heavy atom. The van der Waals surface area contributed by atoms with E-state index in [2.05, 4.69) is 27.7 Å². The average molecular weight is 436 g/mol. The molecule has 1 amide bonds. The minimum Gasteiger partial charge on any atom is -0.477 e. The van der Waals surface area contributed by atoms with Crippen molar-refractivity contribution in [1.29, 1.82) is 0 Å². The zero-order valence-corrected chi connectivity index (χ0v) is 19.9. The van der Waals surface area contributed by atoms with Crippen LogP contribution in [-0.2, 0) is 14.9 Å². The Morgan fingerprint density at radius 2 is 1.67 bits per heavy atom. The summed E-state index contributed by atoms with van der Waals surface area (Å²) >= 11 is 1.32. The van der Waals surface area contributed by atoms with Gasteiger partial charge in [-0.2, -0.15) is 0 Å².